The van der Waals surface area contributed by atoms with E-state index in [1.165, 1.54) is 5.32 Å². The third kappa shape index (κ3) is 2.04. The Balaban J connectivity index is 2.86. The van der Waals surface area contributed by atoms with Crippen LogP contribution < -0.4 is 5.32 Å². The third-order valence-electron chi connectivity index (χ3n) is 2.49. The summed E-state index contributed by atoms with van der Waals surface area (Å²) in [6.45, 7) is 0. The van der Waals surface area contributed by atoms with E-state index < -0.39 is 46.4 Å². The van der Waals surface area contributed by atoms with Gasteiger partial charge in [0.1, 0.15) is 0 Å². The summed E-state index contributed by atoms with van der Waals surface area (Å²) in [6.07, 6.45) is -10.7. The quantitative estimate of drug-likeness (QED) is 0.587. The van der Waals surface area contributed by atoms with Crippen LogP contribution in [-0.4, -0.2) is 11.8 Å². The molecule has 0 saturated heterocycles. The number of fused-ring (bicyclic) bond motifs is 1. The largest absolute Gasteiger partial charge is 0.417 e. The van der Waals surface area contributed by atoms with Gasteiger partial charge in [-0.05, 0) is 12.1 Å². The summed E-state index contributed by atoms with van der Waals surface area (Å²) in [7, 11) is 0. The van der Waals surface area contributed by atoms with Gasteiger partial charge in [-0.25, -0.2) is 0 Å². The van der Waals surface area contributed by atoms with Crippen LogP contribution in [0.25, 0.3) is 0 Å². The Bertz CT molecular complexity index is 587. The van der Waals surface area contributed by atoms with Crippen LogP contribution in [0.2, 0.25) is 0 Å². The molecular formula is C10H3F6NO2. The van der Waals surface area contributed by atoms with Gasteiger partial charge in [0.15, 0.2) is 0 Å². The molecule has 0 bridgehead atoms. The highest BCUT2D eigenvalue weighted by Crippen LogP contribution is 2.43. The van der Waals surface area contributed by atoms with Gasteiger partial charge in [0.25, 0.3) is 11.8 Å². The van der Waals surface area contributed by atoms with Gasteiger partial charge in [-0.15, -0.1) is 0 Å². The minimum absolute atomic E-state index is 0.139. The number of rotatable bonds is 0. The molecule has 19 heavy (non-hydrogen) atoms. The van der Waals surface area contributed by atoms with Crippen molar-refractivity contribution < 1.29 is 35.9 Å². The molecule has 9 heteroatoms. The summed E-state index contributed by atoms with van der Waals surface area (Å²) in [4.78, 5) is 22.4. The summed E-state index contributed by atoms with van der Waals surface area (Å²) in [6, 6.07) is 0.688. The molecule has 0 atom stereocenters. The van der Waals surface area contributed by atoms with Crippen LogP contribution in [0.1, 0.15) is 31.8 Å². The van der Waals surface area contributed by atoms with Crippen molar-refractivity contribution in [3.05, 3.63) is 34.4 Å². The number of amides is 2. The number of carbonyl (C=O) groups excluding carboxylic acids is 2. The van der Waals surface area contributed by atoms with E-state index in [1.807, 2.05) is 0 Å². The minimum Gasteiger partial charge on any atom is -0.288 e. The Labute approximate surface area is 101 Å². The van der Waals surface area contributed by atoms with E-state index in [2.05, 4.69) is 0 Å². The Kier molecular flexibility index (Phi) is 2.62. The van der Waals surface area contributed by atoms with Crippen molar-refractivity contribution in [2.45, 2.75) is 12.4 Å². The predicted molar refractivity (Wildman–Crippen MR) is 48.2 cm³/mol. The predicted octanol–water partition coefficient (Wildman–Crippen LogP) is 2.61. The van der Waals surface area contributed by atoms with Gasteiger partial charge in [-0.3, -0.25) is 14.9 Å². The second kappa shape index (κ2) is 3.72. The molecule has 1 aliphatic heterocycles. The van der Waals surface area contributed by atoms with E-state index in [1.54, 1.807) is 0 Å². The second-order valence-electron chi connectivity index (χ2n) is 3.69. The zero-order chi connectivity index (χ0) is 14.6. The van der Waals surface area contributed by atoms with Crippen LogP contribution in [0.4, 0.5) is 26.3 Å². The van der Waals surface area contributed by atoms with Gasteiger partial charge in [0.05, 0.1) is 22.3 Å². The number of alkyl halides is 6. The first-order valence-corrected chi connectivity index (χ1v) is 4.70. The van der Waals surface area contributed by atoms with Crippen molar-refractivity contribution in [3.63, 3.8) is 0 Å². The standard InChI is InChI=1S/C10H3F6NO2/c11-9(12,13)4-2-1-3-5(6(4)10(14,15)16)8(19)17-7(3)18/h1-2H,(H,17,18,19). The highest BCUT2D eigenvalue weighted by atomic mass is 19.4. The van der Waals surface area contributed by atoms with Gasteiger partial charge in [-0.2, -0.15) is 26.3 Å². The first kappa shape index (κ1) is 13.4. The van der Waals surface area contributed by atoms with Crippen molar-refractivity contribution in [1.82, 2.24) is 5.32 Å². The minimum atomic E-state index is -5.40. The monoisotopic (exact) mass is 283 g/mol. The Morgan fingerprint density at radius 2 is 1.42 bits per heavy atom. The zero-order valence-electron chi connectivity index (χ0n) is 8.74. The van der Waals surface area contributed by atoms with E-state index in [9.17, 15) is 35.9 Å². The lowest BCUT2D eigenvalue weighted by Gasteiger charge is -2.17. The smallest absolute Gasteiger partial charge is 0.288 e. The molecule has 0 aromatic heterocycles. The molecule has 1 aliphatic rings. The molecule has 0 spiro atoms. The van der Waals surface area contributed by atoms with Crippen molar-refractivity contribution in [3.8, 4) is 0 Å². The fraction of sp³-hybridized carbons (Fsp3) is 0.200. The van der Waals surface area contributed by atoms with Crippen LogP contribution in [0, 0.1) is 0 Å². The number of carbonyl (C=O) groups is 2. The van der Waals surface area contributed by atoms with E-state index >= 15 is 0 Å². The fourth-order valence-electron chi connectivity index (χ4n) is 1.79. The summed E-state index contributed by atoms with van der Waals surface area (Å²) >= 11 is 0. The average molecular weight is 283 g/mol. The molecule has 1 N–H and O–H groups in total. The topological polar surface area (TPSA) is 46.2 Å². The van der Waals surface area contributed by atoms with Gasteiger partial charge in [0.2, 0.25) is 0 Å². The van der Waals surface area contributed by atoms with Crippen LogP contribution in [-0.2, 0) is 12.4 Å². The van der Waals surface area contributed by atoms with Crippen LogP contribution in [0.3, 0.4) is 0 Å². The highest BCUT2D eigenvalue weighted by molar-refractivity contribution is 6.22. The third-order valence-corrected chi connectivity index (χ3v) is 2.49. The van der Waals surface area contributed by atoms with E-state index in [0.29, 0.717) is 6.07 Å². The molecule has 3 nitrogen and oxygen atoms in total. The summed E-state index contributed by atoms with van der Waals surface area (Å²) < 4.78 is 75.9. The van der Waals surface area contributed by atoms with Gasteiger partial charge in [-0.1, -0.05) is 0 Å². The molecule has 1 aromatic carbocycles. The lowest BCUT2D eigenvalue weighted by atomic mass is 9.96. The number of halogens is 6. The first-order valence-electron chi connectivity index (χ1n) is 4.70. The van der Waals surface area contributed by atoms with Crippen molar-refractivity contribution in [2.75, 3.05) is 0 Å². The number of benzene rings is 1. The molecule has 0 fully saturated rings. The Morgan fingerprint density at radius 1 is 0.842 bits per heavy atom. The number of nitrogens with one attached hydrogen (secondary N) is 1. The van der Waals surface area contributed by atoms with Crippen molar-refractivity contribution in [2.24, 2.45) is 0 Å². The molecule has 0 unspecified atom stereocenters. The molecule has 1 aromatic rings. The number of imide groups is 1. The SMILES string of the molecule is O=C1NC(=O)c2c1ccc(C(F)(F)F)c2C(F)(F)F. The average Bonchev–Trinajstić information content (AvgIpc) is 2.51. The highest BCUT2D eigenvalue weighted by Gasteiger charge is 2.48. The normalized spacial score (nSPS) is 15.5. The maximum absolute atomic E-state index is 12.7. The molecular weight excluding hydrogens is 280 g/mol. The maximum atomic E-state index is 12.7. The summed E-state index contributed by atoms with van der Waals surface area (Å²) in [5, 5.41) is 1.53. The van der Waals surface area contributed by atoms with E-state index in [0.717, 1.165) is 0 Å². The molecule has 0 radical (unpaired) electrons. The van der Waals surface area contributed by atoms with E-state index in [4.69, 9.17) is 0 Å². The Morgan fingerprint density at radius 3 is 1.89 bits per heavy atom. The van der Waals surface area contributed by atoms with Gasteiger partial charge in [0, 0.05) is 0 Å². The van der Waals surface area contributed by atoms with Gasteiger partial charge < -0.3 is 0 Å². The summed E-state index contributed by atoms with van der Waals surface area (Å²) in [5.41, 5.74) is -6.14. The lowest BCUT2D eigenvalue weighted by molar-refractivity contribution is -0.162. The van der Waals surface area contributed by atoms with E-state index in [-0.39, 0.29) is 6.07 Å². The lowest BCUT2D eigenvalue weighted by Crippen LogP contribution is -2.23. The van der Waals surface area contributed by atoms with Crippen LogP contribution >= 0.6 is 0 Å². The van der Waals surface area contributed by atoms with Gasteiger partial charge >= 0.3 is 12.4 Å². The van der Waals surface area contributed by atoms with Crippen molar-refractivity contribution >= 4 is 11.8 Å². The second-order valence-corrected chi connectivity index (χ2v) is 3.69. The molecule has 2 rings (SSSR count). The van der Waals surface area contributed by atoms with Crippen LogP contribution in [0.5, 0.6) is 0 Å². The zero-order valence-corrected chi connectivity index (χ0v) is 8.74. The molecule has 1 heterocycles. The molecule has 2 amide bonds. The van der Waals surface area contributed by atoms with Crippen molar-refractivity contribution in [1.29, 1.82) is 0 Å². The number of hydrogen-bond donors (Lipinski definition) is 1. The Hall–Kier alpha value is -2.06. The first-order chi connectivity index (χ1) is 8.53. The summed E-state index contributed by atoms with van der Waals surface area (Å²) in [5.74, 6) is -2.64. The molecule has 0 saturated carbocycles. The van der Waals surface area contributed by atoms with Crippen LogP contribution in [0.15, 0.2) is 12.1 Å². The molecule has 102 valence electrons. The fourth-order valence-corrected chi connectivity index (χ4v) is 1.79. The molecule has 0 aliphatic carbocycles. The number of hydrogen-bond acceptors (Lipinski definition) is 2. The maximum Gasteiger partial charge on any atom is 0.417 e.